The second kappa shape index (κ2) is 1.97. The molecule has 1 fully saturated rings. The summed E-state index contributed by atoms with van der Waals surface area (Å²) in [5, 5.41) is 0. The van der Waals surface area contributed by atoms with Gasteiger partial charge in [-0.1, -0.05) is 6.07 Å². The van der Waals surface area contributed by atoms with Crippen LogP contribution in [0.15, 0.2) is 18.2 Å². The third-order valence-corrected chi connectivity index (χ3v) is 1.64. The first-order valence-corrected chi connectivity index (χ1v) is 3.55. The summed E-state index contributed by atoms with van der Waals surface area (Å²) in [6.45, 7) is 4.37. The molecule has 10 heavy (non-hydrogen) atoms. The zero-order valence-corrected chi connectivity index (χ0v) is 6.04. The zero-order valence-electron chi connectivity index (χ0n) is 6.04. The Hall–Kier alpha value is -1.05. The third kappa shape index (κ3) is 0.967. The molecule has 0 aromatic carbocycles. The minimum Gasteiger partial charge on any atom is -0.353 e. The lowest BCUT2D eigenvalue weighted by molar-refractivity contribution is 1.15. The molecule has 2 nitrogen and oxygen atoms in total. The Bertz CT molecular complexity index is 241. The second-order valence-corrected chi connectivity index (χ2v) is 2.62. The second-order valence-electron chi connectivity index (χ2n) is 2.62. The standard InChI is InChI=1S/C8H10N2/c1-7-3-2-4-8(9-7)10-5-6-10/h2-4H,5-6H2,1H3. The first kappa shape index (κ1) is 5.71. The Balaban J connectivity index is 2.32. The van der Waals surface area contributed by atoms with Gasteiger partial charge >= 0.3 is 0 Å². The summed E-state index contributed by atoms with van der Waals surface area (Å²) >= 11 is 0. The fraction of sp³-hybridized carbons (Fsp3) is 0.375. The molecule has 0 saturated carbocycles. The van der Waals surface area contributed by atoms with Crippen LogP contribution in [0.1, 0.15) is 5.69 Å². The van der Waals surface area contributed by atoms with Crippen molar-refractivity contribution in [1.29, 1.82) is 0 Å². The average molecular weight is 134 g/mol. The van der Waals surface area contributed by atoms with E-state index in [1.54, 1.807) is 0 Å². The van der Waals surface area contributed by atoms with E-state index >= 15 is 0 Å². The van der Waals surface area contributed by atoms with Gasteiger partial charge in [0.05, 0.1) is 0 Å². The summed E-state index contributed by atoms with van der Waals surface area (Å²) in [4.78, 5) is 6.60. The molecule has 0 atom stereocenters. The molecule has 1 aliphatic heterocycles. The Morgan fingerprint density at radius 1 is 1.40 bits per heavy atom. The number of hydrogen-bond acceptors (Lipinski definition) is 2. The van der Waals surface area contributed by atoms with E-state index in [0.29, 0.717) is 0 Å². The monoisotopic (exact) mass is 134 g/mol. The lowest BCUT2D eigenvalue weighted by Crippen LogP contribution is -1.94. The van der Waals surface area contributed by atoms with Gasteiger partial charge < -0.3 is 4.90 Å². The first-order chi connectivity index (χ1) is 4.86. The van der Waals surface area contributed by atoms with Crippen molar-refractivity contribution in [3.63, 3.8) is 0 Å². The molecule has 0 spiro atoms. The van der Waals surface area contributed by atoms with Crippen LogP contribution in [0, 0.1) is 6.92 Å². The van der Waals surface area contributed by atoms with Crippen molar-refractivity contribution >= 4 is 5.82 Å². The van der Waals surface area contributed by atoms with Gasteiger partial charge in [0.15, 0.2) is 0 Å². The molecular formula is C8H10N2. The predicted octanol–water partition coefficient (Wildman–Crippen LogP) is 1.21. The SMILES string of the molecule is Cc1cccc(N2CC2)n1. The van der Waals surface area contributed by atoms with E-state index in [0.717, 1.165) is 11.5 Å². The minimum absolute atomic E-state index is 1.10. The van der Waals surface area contributed by atoms with Crippen molar-refractivity contribution in [3.05, 3.63) is 23.9 Å². The summed E-state index contributed by atoms with van der Waals surface area (Å²) in [7, 11) is 0. The first-order valence-electron chi connectivity index (χ1n) is 3.55. The molecule has 0 aliphatic carbocycles. The van der Waals surface area contributed by atoms with Crippen LogP contribution in [0.3, 0.4) is 0 Å². The molecule has 0 unspecified atom stereocenters. The molecule has 1 aromatic rings. The highest BCUT2D eigenvalue weighted by Gasteiger charge is 2.18. The van der Waals surface area contributed by atoms with Gasteiger partial charge in [-0.05, 0) is 19.1 Å². The molecule has 2 rings (SSSR count). The topological polar surface area (TPSA) is 15.9 Å². The molecule has 0 bridgehead atoms. The maximum atomic E-state index is 4.36. The summed E-state index contributed by atoms with van der Waals surface area (Å²) in [6.07, 6.45) is 0. The molecule has 0 amide bonds. The molecule has 1 saturated heterocycles. The molecule has 0 radical (unpaired) electrons. The Kier molecular flexibility index (Phi) is 1.13. The van der Waals surface area contributed by atoms with Crippen molar-refractivity contribution < 1.29 is 0 Å². The van der Waals surface area contributed by atoms with Gasteiger partial charge in [-0.3, -0.25) is 0 Å². The molecule has 0 N–H and O–H groups in total. The van der Waals surface area contributed by atoms with Gasteiger partial charge in [-0.15, -0.1) is 0 Å². The van der Waals surface area contributed by atoms with E-state index in [4.69, 9.17) is 0 Å². The smallest absolute Gasteiger partial charge is 0.128 e. The van der Waals surface area contributed by atoms with E-state index in [-0.39, 0.29) is 0 Å². The van der Waals surface area contributed by atoms with Crippen molar-refractivity contribution in [2.75, 3.05) is 18.0 Å². The van der Waals surface area contributed by atoms with Gasteiger partial charge in [0.25, 0.3) is 0 Å². The molecule has 1 aromatic heterocycles. The lowest BCUT2D eigenvalue weighted by Gasteiger charge is -2.00. The number of pyridine rings is 1. The number of anilines is 1. The van der Waals surface area contributed by atoms with Gasteiger partial charge in [0, 0.05) is 18.8 Å². The summed E-state index contributed by atoms with van der Waals surface area (Å²) in [5.74, 6) is 1.12. The van der Waals surface area contributed by atoms with Crippen molar-refractivity contribution in [2.24, 2.45) is 0 Å². The van der Waals surface area contributed by atoms with Crippen LogP contribution in [0.4, 0.5) is 5.82 Å². The lowest BCUT2D eigenvalue weighted by atomic mass is 10.4. The number of rotatable bonds is 1. The molecule has 2 heterocycles. The maximum absolute atomic E-state index is 4.36. The van der Waals surface area contributed by atoms with Crippen LogP contribution in [-0.4, -0.2) is 18.1 Å². The van der Waals surface area contributed by atoms with Crippen LogP contribution in [0.2, 0.25) is 0 Å². The highest BCUT2D eigenvalue weighted by Crippen LogP contribution is 2.17. The molecule has 52 valence electrons. The fourth-order valence-electron chi connectivity index (χ4n) is 0.984. The number of aromatic nitrogens is 1. The average Bonchev–Trinajstić information content (AvgIpc) is 2.68. The summed E-state index contributed by atoms with van der Waals surface area (Å²) in [6, 6.07) is 6.13. The van der Waals surface area contributed by atoms with E-state index in [2.05, 4.69) is 22.0 Å². The van der Waals surface area contributed by atoms with Crippen molar-refractivity contribution in [1.82, 2.24) is 4.98 Å². The highest BCUT2D eigenvalue weighted by atomic mass is 15.3. The number of nitrogens with zero attached hydrogens (tertiary/aromatic N) is 2. The largest absolute Gasteiger partial charge is 0.353 e. The van der Waals surface area contributed by atoms with Gasteiger partial charge in [-0.2, -0.15) is 0 Å². The van der Waals surface area contributed by atoms with Crippen LogP contribution in [0.5, 0.6) is 0 Å². The minimum atomic E-state index is 1.10. The third-order valence-electron chi connectivity index (χ3n) is 1.64. The van der Waals surface area contributed by atoms with E-state index < -0.39 is 0 Å². The molecule has 1 aliphatic rings. The van der Waals surface area contributed by atoms with E-state index in [1.807, 2.05) is 13.0 Å². The number of aryl methyl sites for hydroxylation is 1. The van der Waals surface area contributed by atoms with Gasteiger partial charge in [0.1, 0.15) is 5.82 Å². The van der Waals surface area contributed by atoms with Crippen LogP contribution < -0.4 is 4.90 Å². The zero-order chi connectivity index (χ0) is 6.97. The fourth-order valence-corrected chi connectivity index (χ4v) is 0.984. The quantitative estimate of drug-likeness (QED) is 0.536. The highest BCUT2D eigenvalue weighted by molar-refractivity contribution is 5.44. The Morgan fingerprint density at radius 2 is 2.20 bits per heavy atom. The summed E-state index contributed by atoms with van der Waals surface area (Å²) in [5.41, 5.74) is 1.10. The van der Waals surface area contributed by atoms with E-state index in [9.17, 15) is 0 Å². The van der Waals surface area contributed by atoms with Crippen molar-refractivity contribution in [2.45, 2.75) is 6.92 Å². The van der Waals surface area contributed by atoms with Crippen LogP contribution in [0.25, 0.3) is 0 Å². The van der Waals surface area contributed by atoms with Crippen LogP contribution >= 0.6 is 0 Å². The van der Waals surface area contributed by atoms with Gasteiger partial charge in [-0.25, -0.2) is 4.98 Å². The maximum Gasteiger partial charge on any atom is 0.128 e. The normalized spacial score (nSPS) is 15.5. The predicted molar refractivity (Wildman–Crippen MR) is 41.2 cm³/mol. The van der Waals surface area contributed by atoms with Crippen LogP contribution in [-0.2, 0) is 0 Å². The number of hydrogen-bond donors (Lipinski definition) is 0. The molecule has 2 heteroatoms. The molecular weight excluding hydrogens is 124 g/mol. The van der Waals surface area contributed by atoms with Gasteiger partial charge in [0.2, 0.25) is 0 Å². The Labute approximate surface area is 60.5 Å². The Morgan fingerprint density at radius 3 is 2.80 bits per heavy atom. The van der Waals surface area contributed by atoms with Crippen molar-refractivity contribution in [3.8, 4) is 0 Å². The van der Waals surface area contributed by atoms with E-state index in [1.165, 1.54) is 13.1 Å². The summed E-state index contributed by atoms with van der Waals surface area (Å²) < 4.78 is 0.